The van der Waals surface area contributed by atoms with E-state index in [-0.39, 0.29) is 24.9 Å². The molecule has 0 saturated heterocycles. The van der Waals surface area contributed by atoms with Gasteiger partial charge in [0.2, 0.25) is 12.2 Å². The lowest BCUT2D eigenvalue weighted by Crippen LogP contribution is -3.00. The first-order valence-electron chi connectivity index (χ1n) is 6.36. The number of hydrogen-bond acceptors (Lipinski definition) is 3. The number of benzene rings is 1. The number of halogens is 1. The number of nitrogens with one attached hydrogen (secondary N) is 1. The van der Waals surface area contributed by atoms with Crippen LogP contribution >= 0.6 is 0 Å². The maximum Gasteiger partial charge on any atom is 0.292 e. The number of aryl methyl sites for hydroxylation is 1. The Labute approximate surface area is 134 Å². The molecule has 2 aromatic rings. The normalized spacial score (nSPS) is 9.77. The second kappa shape index (κ2) is 7.58. The van der Waals surface area contributed by atoms with Crippen LogP contribution in [0.3, 0.4) is 0 Å². The highest BCUT2D eigenvalue weighted by Gasteiger charge is 2.17. The van der Waals surface area contributed by atoms with Gasteiger partial charge in [-0.3, -0.25) is 14.8 Å². The Morgan fingerprint density at radius 2 is 2.14 bits per heavy atom. The lowest BCUT2D eigenvalue weighted by molar-refractivity contribution is -0.671. The summed E-state index contributed by atoms with van der Waals surface area (Å²) in [5.41, 5.74) is 0.807. The molecule has 1 aromatic heterocycles. The molecule has 0 radical (unpaired) electrons. The van der Waals surface area contributed by atoms with Gasteiger partial charge in [-0.1, -0.05) is 6.07 Å². The maximum atomic E-state index is 12.0. The van der Waals surface area contributed by atoms with Crippen LogP contribution in [0, 0.1) is 0 Å². The van der Waals surface area contributed by atoms with Crippen LogP contribution in [0.2, 0.25) is 0 Å². The number of imidazole rings is 1. The first-order chi connectivity index (χ1) is 9.95. The van der Waals surface area contributed by atoms with Gasteiger partial charge in [-0.2, -0.15) is 5.06 Å². The van der Waals surface area contributed by atoms with E-state index in [4.69, 9.17) is 0 Å². The number of anilines is 2. The number of amides is 2. The van der Waals surface area contributed by atoms with Crippen LogP contribution in [0.15, 0.2) is 43.0 Å². The summed E-state index contributed by atoms with van der Waals surface area (Å²) in [6.45, 7) is 1.41. The van der Waals surface area contributed by atoms with Gasteiger partial charge in [0.05, 0.1) is 12.7 Å². The van der Waals surface area contributed by atoms with E-state index < -0.39 is 5.91 Å². The summed E-state index contributed by atoms with van der Waals surface area (Å²) in [6.07, 6.45) is 5.27. The average Bonchev–Trinajstić information content (AvgIpc) is 2.82. The van der Waals surface area contributed by atoms with Gasteiger partial charge in [0.25, 0.3) is 5.91 Å². The second-order valence-electron chi connectivity index (χ2n) is 4.69. The molecule has 1 heterocycles. The van der Waals surface area contributed by atoms with Crippen LogP contribution in [0.1, 0.15) is 6.92 Å². The van der Waals surface area contributed by atoms with Crippen molar-refractivity contribution in [1.29, 1.82) is 0 Å². The first-order valence-corrected chi connectivity index (χ1v) is 6.36. The van der Waals surface area contributed by atoms with Crippen LogP contribution in [0.5, 0.6) is 0 Å². The molecule has 0 aliphatic rings. The number of hydroxylamine groups is 1. The minimum Gasteiger partial charge on any atom is -1.00 e. The van der Waals surface area contributed by atoms with E-state index in [9.17, 15) is 14.8 Å². The fourth-order valence-corrected chi connectivity index (χ4v) is 1.88. The highest BCUT2D eigenvalue weighted by molar-refractivity contribution is 5.93. The molecule has 0 aliphatic carbocycles. The Hall–Kier alpha value is -2.38. The molecular formula is C14H17ClN4O3. The molecule has 2 N–H and O–H groups in total. The zero-order chi connectivity index (χ0) is 15.4. The number of nitrogens with zero attached hydrogens (tertiary/aromatic N) is 3. The topological polar surface area (TPSA) is 78.5 Å². The molecule has 0 unspecified atom stereocenters. The van der Waals surface area contributed by atoms with Crippen molar-refractivity contribution in [3.05, 3.63) is 43.0 Å². The Morgan fingerprint density at radius 3 is 2.73 bits per heavy atom. The Balaban J connectivity index is 0.00000242. The number of hydrogen-bond donors (Lipinski definition) is 2. The van der Waals surface area contributed by atoms with Crippen molar-refractivity contribution >= 4 is 23.2 Å². The Morgan fingerprint density at radius 1 is 1.41 bits per heavy atom. The molecule has 2 amide bonds. The molecule has 0 aliphatic heterocycles. The lowest BCUT2D eigenvalue weighted by Gasteiger charge is -2.15. The second-order valence-corrected chi connectivity index (χ2v) is 4.69. The average molecular weight is 325 g/mol. The van der Waals surface area contributed by atoms with Gasteiger partial charge in [0, 0.05) is 12.6 Å². The van der Waals surface area contributed by atoms with Crippen LogP contribution < -0.4 is 27.4 Å². The van der Waals surface area contributed by atoms with E-state index in [1.54, 1.807) is 46.1 Å². The summed E-state index contributed by atoms with van der Waals surface area (Å²) in [6, 6.07) is 6.43. The standard InChI is InChI=1S/C14H16N4O3.ClH/c1-11(19)15-12-4-3-5-13(8-12)18(21)14(20)9-17-7-6-16(2)10-17;/h3-8,10,21H,9H2,1-2H3;1H. The molecule has 22 heavy (non-hydrogen) atoms. The third-order valence-corrected chi connectivity index (χ3v) is 2.79. The molecule has 1 aromatic carbocycles. The first kappa shape index (κ1) is 17.7. The van der Waals surface area contributed by atoms with Crippen LogP contribution in [-0.2, 0) is 23.2 Å². The summed E-state index contributed by atoms with van der Waals surface area (Å²) >= 11 is 0. The van der Waals surface area contributed by atoms with Gasteiger partial charge in [-0.25, -0.2) is 9.13 Å². The summed E-state index contributed by atoms with van der Waals surface area (Å²) in [5, 5.41) is 13.1. The number of aromatic nitrogens is 2. The highest BCUT2D eigenvalue weighted by atomic mass is 35.5. The fraction of sp³-hybridized carbons (Fsp3) is 0.214. The zero-order valence-electron chi connectivity index (χ0n) is 12.2. The minimum atomic E-state index is -0.480. The van der Waals surface area contributed by atoms with E-state index in [1.807, 2.05) is 7.05 Å². The largest absolute Gasteiger partial charge is 1.00 e. The molecular weight excluding hydrogens is 308 g/mol. The van der Waals surface area contributed by atoms with Crippen LogP contribution in [0.25, 0.3) is 0 Å². The number of rotatable bonds is 4. The van der Waals surface area contributed by atoms with E-state index in [0.717, 1.165) is 0 Å². The third kappa shape index (κ3) is 4.57. The van der Waals surface area contributed by atoms with Crippen molar-refractivity contribution < 1.29 is 31.8 Å². The van der Waals surface area contributed by atoms with Crippen molar-refractivity contribution in [3.63, 3.8) is 0 Å². The molecule has 2 rings (SSSR count). The van der Waals surface area contributed by atoms with Crippen molar-refractivity contribution in [2.24, 2.45) is 7.05 Å². The molecule has 0 bridgehead atoms. The van der Waals surface area contributed by atoms with Crippen molar-refractivity contribution in [1.82, 2.24) is 4.57 Å². The Bertz CT molecular complexity index is 672. The molecule has 7 nitrogen and oxygen atoms in total. The predicted molar refractivity (Wildman–Crippen MR) is 75.6 cm³/mol. The van der Waals surface area contributed by atoms with E-state index in [2.05, 4.69) is 5.32 Å². The van der Waals surface area contributed by atoms with Gasteiger partial charge >= 0.3 is 0 Å². The SMILES string of the molecule is CC(=O)Nc1cccc(N(O)C(=O)Cn2cc[n+](C)c2)c1.[Cl-]. The molecule has 0 fully saturated rings. The lowest BCUT2D eigenvalue weighted by atomic mass is 10.2. The molecule has 118 valence electrons. The summed E-state index contributed by atoms with van der Waals surface area (Å²) in [7, 11) is 1.84. The van der Waals surface area contributed by atoms with Crippen LogP contribution in [0.4, 0.5) is 11.4 Å². The predicted octanol–water partition coefficient (Wildman–Crippen LogP) is -2.30. The summed E-state index contributed by atoms with van der Waals surface area (Å²) < 4.78 is 3.45. The van der Waals surface area contributed by atoms with E-state index in [1.165, 1.54) is 13.0 Å². The van der Waals surface area contributed by atoms with Gasteiger partial charge < -0.3 is 17.7 Å². The van der Waals surface area contributed by atoms with Gasteiger partial charge in [-0.15, -0.1) is 0 Å². The maximum absolute atomic E-state index is 12.0. The molecule has 0 saturated carbocycles. The van der Waals surface area contributed by atoms with Gasteiger partial charge in [0.15, 0.2) is 6.54 Å². The molecule has 8 heteroatoms. The van der Waals surface area contributed by atoms with Gasteiger partial charge in [0.1, 0.15) is 12.4 Å². The molecule has 0 spiro atoms. The number of carbonyl (C=O) groups is 2. The summed E-state index contributed by atoms with van der Waals surface area (Å²) in [4.78, 5) is 23.0. The number of carbonyl (C=O) groups excluding carboxylic acids is 2. The van der Waals surface area contributed by atoms with E-state index in [0.29, 0.717) is 16.4 Å². The van der Waals surface area contributed by atoms with E-state index >= 15 is 0 Å². The minimum absolute atomic E-state index is 0. The zero-order valence-corrected chi connectivity index (χ0v) is 13.0. The van der Waals surface area contributed by atoms with Crippen LogP contribution in [-0.4, -0.2) is 21.6 Å². The van der Waals surface area contributed by atoms with Crippen molar-refractivity contribution in [2.45, 2.75) is 13.5 Å². The third-order valence-electron chi connectivity index (χ3n) is 2.79. The Kier molecular flexibility index (Phi) is 6.09. The molecule has 0 atom stereocenters. The fourth-order valence-electron chi connectivity index (χ4n) is 1.88. The quantitative estimate of drug-likeness (QED) is 0.377. The smallest absolute Gasteiger partial charge is 0.292 e. The highest BCUT2D eigenvalue weighted by Crippen LogP contribution is 2.18. The van der Waals surface area contributed by atoms with Crippen molar-refractivity contribution in [3.8, 4) is 0 Å². The van der Waals surface area contributed by atoms with Crippen molar-refractivity contribution in [2.75, 3.05) is 10.4 Å². The van der Waals surface area contributed by atoms with Gasteiger partial charge in [-0.05, 0) is 18.2 Å². The summed E-state index contributed by atoms with van der Waals surface area (Å²) in [5.74, 6) is -0.700. The monoisotopic (exact) mass is 324 g/mol.